The topological polar surface area (TPSA) is 25.2 Å². The molecule has 5 aromatic rings. The highest BCUT2D eigenvalue weighted by atomic mass is 16.3. The van der Waals surface area contributed by atoms with Crippen LogP contribution < -0.4 is 5.32 Å². The van der Waals surface area contributed by atoms with Crippen LogP contribution in [0.4, 0.5) is 11.4 Å². The van der Waals surface area contributed by atoms with Crippen LogP contribution in [0.3, 0.4) is 0 Å². The van der Waals surface area contributed by atoms with Gasteiger partial charge < -0.3 is 9.73 Å². The molecule has 0 saturated carbocycles. The molecule has 0 spiro atoms. The maximum Gasteiger partial charge on any atom is 0.138 e. The van der Waals surface area contributed by atoms with Gasteiger partial charge in [0.2, 0.25) is 0 Å². The van der Waals surface area contributed by atoms with Gasteiger partial charge >= 0.3 is 0 Å². The van der Waals surface area contributed by atoms with Crippen molar-refractivity contribution < 1.29 is 4.42 Å². The predicted octanol–water partition coefficient (Wildman–Crippen LogP) is 11.3. The van der Waals surface area contributed by atoms with Crippen molar-refractivity contribution in [1.82, 2.24) is 0 Å². The molecule has 7 rings (SSSR count). The third-order valence-corrected chi connectivity index (χ3v) is 8.02. The molecule has 4 aromatic carbocycles. The summed E-state index contributed by atoms with van der Waals surface area (Å²) in [6, 6.07) is 27.4. The maximum absolute atomic E-state index is 6.39. The van der Waals surface area contributed by atoms with Crippen LogP contribution >= 0.6 is 0 Å². The minimum absolute atomic E-state index is 0.533. The van der Waals surface area contributed by atoms with Gasteiger partial charge in [-0.15, -0.1) is 0 Å². The molecule has 208 valence electrons. The van der Waals surface area contributed by atoms with E-state index < -0.39 is 0 Å². The van der Waals surface area contributed by atoms with Crippen molar-refractivity contribution in [2.24, 2.45) is 5.92 Å². The molecule has 2 aliphatic carbocycles. The average Bonchev–Trinajstić information content (AvgIpc) is 3.38. The van der Waals surface area contributed by atoms with E-state index in [0.29, 0.717) is 5.92 Å². The number of hydrogen-bond acceptors (Lipinski definition) is 2. The SMILES string of the molecule is C=C/C(=C\C=C/C)c1ccccc1.CC1C=Cc2c(c(Nc3ccccc3)cc3oc4cc5c(cc4c23)C=CCC5)C1. The van der Waals surface area contributed by atoms with Crippen LogP contribution in [-0.4, -0.2) is 0 Å². The van der Waals surface area contributed by atoms with Crippen molar-refractivity contribution in [2.45, 2.75) is 33.1 Å². The molecular weight excluding hydrogens is 510 g/mol. The van der Waals surface area contributed by atoms with Gasteiger partial charge in [-0.25, -0.2) is 0 Å². The van der Waals surface area contributed by atoms with Crippen molar-refractivity contribution in [3.63, 3.8) is 0 Å². The predicted molar refractivity (Wildman–Crippen MR) is 182 cm³/mol. The van der Waals surface area contributed by atoms with Crippen molar-refractivity contribution in [2.75, 3.05) is 5.32 Å². The molecule has 0 radical (unpaired) electrons. The largest absolute Gasteiger partial charge is 0.456 e. The zero-order valence-electron chi connectivity index (χ0n) is 24.4. The molecule has 2 nitrogen and oxygen atoms in total. The van der Waals surface area contributed by atoms with Crippen molar-refractivity contribution in [3.05, 3.63) is 150 Å². The Morgan fingerprint density at radius 2 is 1.74 bits per heavy atom. The van der Waals surface area contributed by atoms with Crippen molar-refractivity contribution >= 4 is 51.0 Å². The lowest BCUT2D eigenvalue weighted by molar-refractivity contribution is 0.667. The van der Waals surface area contributed by atoms with E-state index in [2.05, 4.69) is 104 Å². The van der Waals surface area contributed by atoms with Gasteiger partial charge in [0.05, 0.1) is 0 Å². The van der Waals surface area contributed by atoms with Gasteiger partial charge in [-0.2, -0.15) is 0 Å². The van der Waals surface area contributed by atoms with E-state index in [1.807, 2.05) is 49.4 Å². The second kappa shape index (κ2) is 12.4. The van der Waals surface area contributed by atoms with E-state index in [-0.39, 0.29) is 0 Å². The molecule has 0 amide bonds. The number of para-hydroxylation sites is 1. The molecule has 0 bridgehead atoms. The Balaban J connectivity index is 0.000000206. The molecule has 2 aliphatic rings. The van der Waals surface area contributed by atoms with Crippen LogP contribution in [0.15, 0.2) is 126 Å². The smallest absolute Gasteiger partial charge is 0.138 e. The normalized spacial score (nSPS) is 15.8. The quantitative estimate of drug-likeness (QED) is 0.221. The van der Waals surface area contributed by atoms with Gasteiger partial charge in [0.25, 0.3) is 0 Å². The Hall–Kier alpha value is -4.82. The number of furan rings is 1. The van der Waals surface area contributed by atoms with Crippen LogP contribution in [-0.2, 0) is 12.8 Å². The first kappa shape index (κ1) is 27.4. The fourth-order valence-electron chi connectivity index (χ4n) is 5.89. The summed E-state index contributed by atoms with van der Waals surface area (Å²) in [4.78, 5) is 0. The van der Waals surface area contributed by atoms with Gasteiger partial charge in [0.1, 0.15) is 11.2 Å². The second-order valence-electron chi connectivity index (χ2n) is 11.0. The number of anilines is 2. The standard InChI is InChI=1S/C27H23NO.C13H14/c1-17-11-12-21-22(13-17)24(28-20-9-3-2-4-10-20)16-26-27(21)23-14-18-7-5-6-8-19(18)15-25(23)29-26;1-3-5-9-12(4-2)13-10-7-6-8-11-13/h2-5,7,9-12,14-17,28H,6,8,13H2,1H3;3-11H,2H2,1H3/b;5-3-,12-9+. The molecule has 42 heavy (non-hydrogen) atoms. The van der Waals surface area contributed by atoms with Gasteiger partial charge in [-0.1, -0.05) is 111 Å². The monoisotopic (exact) mass is 547 g/mol. The van der Waals surface area contributed by atoms with Crippen LogP contribution in [0.2, 0.25) is 0 Å². The summed E-state index contributed by atoms with van der Waals surface area (Å²) in [7, 11) is 0. The van der Waals surface area contributed by atoms with Gasteiger partial charge in [-0.05, 0) is 89.8 Å². The lowest BCUT2D eigenvalue weighted by Gasteiger charge is -2.21. The number of benzene rings is 4. The molecule has 1 heterocycles. The number of hydrogen-bond donors (Lipinski definition) is 1. The molecule has 0 fully saturated rings. The van der Waals surface area contributed by atoms with Crippen LogP contribution in [0, 0.1) is 5.92 Å². The number of fused-ring (bicyclic) bond motifs is 6. The van der Waals surface area contributed by atoms with E-state index in [1.165, 1.54) is 38.6 Å². The lowest BCUT2D eigenvalue weighted by Crippen LogP contribution is -2.07. The summed E-state index contributed by atoms with van der Waals surface area (Å²) in [6.45, 7) is 8.07. The summed E-state index contributed by atoms with van der Waals surface area (Å²) < 4.78 is 6.39. The van der Waals surface area contributed by atoms with E-state index in [4.69, 9.17) is 4.42 Å². The fourth-order valence-corrected chi connectivity index (χ4v) is 5.89. The first-order chi connectivity index (χ1) is 20.6. The average molecular weight is 548 g/mol. The molecule has 1 N–H and O–H groups in total. The highest BCUT2D eigenvalue weighted by molar-refractivity contribution is 6.12. The highest BCUT2D eigenvalue weighted by Gasteiger charge is 2.22. The molecule has 0 saturated heterocycles. The van der Waals surface area contributed by atoms with Gasteiger partial charge in [0, 0.05) is 28.2 Å². The minimum Gasteiger partial charge on any atom is -0.456 e. The van der Waals surface area contributed by atoms with Crippen LogP contribution in [0.25, 0.3) is 39.7 Å². The zero-order valence-corrected chi connectivity index (χ0v) is 24.4. The number of aryl methyl sites for hydroxylation is 1. The Morgan fingerprint density at radius 1 is 0.952 bits per heavy atom. The second-order valence-corrected chi connectivity index (χ2v) is 11.0. The van der Waals surface area contributed by atoms with Crippen LogP contribution in [0.1, 0.15) is 48.1 Å². The fraction of sp³-hybridized carbons (Fsp3) is 0.150. The number of allylic oxidation sites excluding steroid dienone is 7. The highest BCUT2D eigenvalue weighted by Crippen LogP contribution is 2.42. The zero-order chi connectivity index (χ0) is 28.9. The number of nitrogens with one attached hydrogen (secondary N) is 1. The molecular formula is C40H37NO. The first-order valence-corrected chi connectivity index (χ1v) is 14.9. The first-order valence-electron chi connectivity index (χ1n) is 14.9. The summed E-state index contributed by atoms with van der Waals surface area (Å²) >= 11 is 0. The van der Waals surface area contributed by atoms with Crippen molar-refractivity contribution in [1.29, 1.82) is 0 Å². The van der Waals surface area contributed by atoms with E-state index >= 15 is 0 Å². The minimum atomic E-state index is 0.533. The molecule has 1 aromatic heterocycles. The summed E-state index contributed by atoms with van der Waals surface area (Å²) in [5.74, 6) is 0.533. The van der Waals surface area contributed by atoms with Gasteiger partial charge in [-0.3, -0.25) is 0 Å². The lowest BCUT2D eigenvalue weighted by atomic mass is 9.86. The Labute approximate surface area is 249 Å². The molecule has 1 atom stereocenters. The molecule has 0 aliphatic heterocycles. The van der Waals surface area contributed by atoms with E-state index in [0.717, 1.165) is 47.4 Å². The van der Waals surface area contributed by atoms with Gasteiger partial charge in [0.15, 0.2) is 0 Å². The summed E-state index contributed by atoms with van der Waals surface area (Å²) in [5, 5.41) is 6.12. The van der Waals surface area contributed by atoms with E-state index in [1.54, 1.807) is 0 Å². The summed E-state index contributed by atoms with van der Waals surface area (Å²) in [6.07, 6.45) is 20.3. The van der Waals surface area contributed by atoms with Crippen molar-refractivity contribution in [3.8, 4) is 0 Å². The third kappa shape index (κ3) is 5.66. The Bertz CT molecular complexity index is 1850. The molecule has 1 unspecified atom stereocenters. The third-order valence-electron chi connectivity index (χ3n) is 8.02. The molecule has 2 heteroatoms. The van der Waals surface area contributed by atoms with Crippen LogP contribution in [0.5, 0.6) is 0 Å². The Morgan fingerprint density at radius 3 is 2.50 bits per heavy atom. The van der Waals surface area contributed by atoms with E-state index in [9.17, 15) is 0 Å². The summed E-state index contributed by atoms with van der Waals surface area (Å²) in [5.41, 5.74) is 12.0. The number of rotatable bonds is 5. The Kier molecular flexibility index (Phi) is 8.05. The maximum atomic E-state index is 6.39.